The molecule has 20 heavy (non-hydrogen) atoms. The van der Waals surface area contributed by atoms with Crippen LogP contribution in [-0.4, -0.2) is 0 Å². The van der Waals surface area contributed by atoms with Gasteiger partial charge in [0.2, 0.25) is 0 Å². The summed E-state index contributed by atoms with van der Waals surface area (Å²) in [5.41, 5.74) is 12.9. The number of benzene rings is 2. The first-order valence-electron chi connectivity index (χ1n) is 7.44. The van der Waals surface area contributed by atoms with Gasteiger partial charge in [-0.05, 0) is 99.4 Å². The van der Waals surface area contributed by atoms with Gasteiger partial charge in [-0.1, -0.05) is 23.8 Å². The fourth-order valence-corrected chi connectivity index (χ4v) is 3.23. The molecule has 0 nitrogen and oxygen atoms in total. The van der Waals surface area contributed by atoms with E-state index in [1.807, 2.05) is 0 Å². The molecule has 0 saturated heterocycles. The molecule has 2 aromatic rings. The van der Waals surface area contributed by atoms with Crippen molar-refractivity contribution < 1.29 is 0 Å². The van der Waals surface area contributed by atoms with Crippen molar-refractivity contribution in [2.24, 2.45) is 0 Å². The van der Waals surface area contributed by atoms with Gasteiger partial charge < -0.3 is 0 Å². The Labute approximate surface area is 123 Å². The Balaban J connectivity index is 2.56. The molecule has 0 bridgehead atoms. The third-order valence-electron chi connectivity index (χ3n) is 4.72. The van der Waals surface area contributed by atoms with Crippen LogP contribution in [-0.2, 0) is 6.42 Å². The monoisotopic (exact) mass is 266 g/mol. The third kappa shape index (κ3) is 2.65. The van der Waals surface area contributed by atoms with Crippen LogP contribution in [0.5, 0.6) is 0 Å². The largest absolute Gasteiger partial charge is 0.0561 e. The summed E-state index contributed by atoms with van der Waals surface area (Å²) >= 11 is 0. The van der Waals surface area contributed by atoms with Gasteiger partial charge in [-0.15, -0.1) is 0 Å². The molecule has 2 rings (SSSR count). The van der Waals surface area contributed by atoms with E-state index < -0.39 is 0 Å². The standard InChI is InChI=1S/C20H26/c1-12-8-15(4)19(16(5)9-12)11-20-17(6)13(2)10-14(3)18(20)7/h8-10H,11H2,1-7H3. The molecule has 0 atom stereocenters. The van der Waals surface area contributed by atoms with E-state index in [9.17, 15) is 0 Å². The Morgan fingerprint density at radius 2 is 1.00 bits per heavy atom. The van der Waals surface area contributed by atoms with Crippen LogP contribution in [0.15, 0.2) is 18.2 Å². The van der Waals surface area contributed by atoms with Crippen LogP contribution < -0.4 is 0 Å². The van der Waals surface area contributed by atoms with Crippen LogP contribution >= 0.6 is 0 Å². The summed E-state index contributed by atoms with van der Waals surface area (Å²) in [6.45, 7) is 15.6. The van der Waals surface area contributed by atoms with Gasteiger partial charge in [0.05, 0.1) is 0 Å². The molecule has 0 amide bonds. The molecule has 0 spiro atoms. The molecule has 0 aliphatic heterocycles. The topological polar surface area (TPSA) is 0 Å². The van der Waals surface area contributed by atoms with Gasteiger partial charge in [0.15, 0.2) is 0 Å². The number of aryl methyl sites for hydroxylation is 5. The number of rotatable bonds is 2. The summed E-state index contributed by atoms with van der Waals surface area (Å²) < 4.78 is 0. The Morgan fingerprint density at radius 3 is 1.45 bits per heavy atom. The minimum absolute atomic E-state index is 1.05. The van der Waals surface area contributed by atoms with Gasteiger partial charge in [0.1, 0.15) is 0 Å². The Morgan fingerprint density at radius 1 is 0.550 bits per heavy atom. The summed E-state index contributed by atoms with van der Waals surface area (Å²) in [7, 11) is 0. The van der Waals surface area contributed by atoms with Crippen molar-refractivity contribution in [3.05, 3.63) is 68.3 Å². The van der Waals surface area contributed by atoms with E-state index >= 15 is 0 Å². The van der Waals surface area contributed by atoms with Crippen molar-refractivity contribution in [1.29, 1.82) is 0 Å². The second kappa shape index (κ2) is 5.44. The van der Waals surface area contributed by atoms with E-state index in [0.29, 0.717) is 0 Å². The van der Waals surface area contributed by atoms with Crippen LogP contribution in [0.3, 0.4) is 0 Å². The lowest BCUT2D eigenvalue weighted by Crippen LogP contribution is -2.03. The Bertz CT molecular complexity index is 611. The predicted octanol–water partition coefficient (Wildman–Crippen LogP) is 5.44. The molecule has 0 fully saturated rings. The zero-order chi connectivity index (χ0) is 15.0. The van der Waals surface area contributed by atoms with E-state index in [-0.39, 0.29) is 0 Å². The highest BCUT2D eigenvalue weighted by atomic mass is 14.2. The molecule has 106 valence electrons. The first-order chi connectivity index (χ1) is 9.31. The lowest BCUT2D eigenvalue weighted by atomic mass is 9.87. The Hall–Kier alpha value is -1.56. The first-order valence-corrected chi connectivity index (χ1v) is 7.44. The van der Waals surface area contributed by atoms with Gasteiger partial charge in [0, 0.05) is 0 Å². The summed E-state index contributed by atoms with van der Waals surface area (Å²) in [5.74, 6) is 0. The van der Waals surface area contributed by atoms with Crippen molar-refractivity contribution in [1.82, 2.24) is 0 Å². The molecule has 0 aromatic heterocycles. The van der Waals surface area contributed by atoms with E-state index in [2.05, 4.69) is 66.7 Å². The summed E-state index contributed by atoms with van der Waals surface area (Å²) in [4.78, 5) is 0. The summed E-state index contributed by atoms with van der Waals surface area (Å²) in [6, 6.07) is 6.91. The van der Waals surface area contributed by atoms with E-state index in [0.717, 1.165) is 6.42 Å². The second-order valence-electron chi connectivity index (χ2n) is 6.29. The Kier molecular flexibility index (Phi) is 4.04. The smallest absolute Gasteiger partial charge is 0.00151 e. The molecule has 0 N–H and O–H groups in total. The SMILES string of the molecule is Cc1cc(C)c(Cc2c(C)c(C)cc(C)c2C)c(C)c1. The van der Waals surface area contributed by atoms with Crippen molar-refractivity contribution >= 4 is 0 Å². The molecule has 0 heteroatoms. The third-order valence-corrected chi connectivity index (χ3v) is 4.72. The molecule has 0 saturated carbocycles. The van der Waals surface area contributed by atoms with E-state index in [1.54, 1.807) is 0 Å². The average molecular weight is 266 g/mol. The van der Waals surface area contributed by atoms with Crippen LogP contribution in [0, 0.1) is 48.5 Å². The number of hydrogen-bond donors (Lipinski definition) is 0. The number of hydrogen-bond acceptors (Lipinski definition) is 0. The van der Waals surface area contributed by atoms with Crippen LogP contribution in [0.25, 0.3) is 0 Å². The maximum atomic E-state index is 2.31. The zero-order valence-corrected chi connectivity index (χ0v) is 13.9. The van der Waals surface area contributed by atoms with Crippen LogP contribution in [0.2, 0.25) is 0 Å². The first kappa shape index (κ1) is 14.8. The molecular weight excluding hydrogens is 240 g/mol. The lowest BCUT2D eigenvalue weighted by molar-refractivity contribution is 1.05. The minimum atomic E-state index is 1.05. The quantitative estimate of drug-likeness (QED) is 0.679. The van der Waals surface area contributed by atoms with Crippen LogP contribution in [0.1, 0.15) is 50.1 Å². The van der Waals surface area contributed by atoms with Gasteiger partial charge >= 0.3 is 0 Å². The van der Waals surface area contributed by atoms with Crippen molar-refractivity contribution in [2.45, 2.75) is 54.9 Å². The average Bonchev–Trinajstić information content (AvgIpc) is 2.34. The van der Waals surface area contributed by atoms with E-state index in [1.165, 1.54) is 50.1 Å². The fraction of sp³-hybridized carbons (Fsp3) is 0.400. The summed E-state index contributed by atoms with van der Waals surface area (Å²) in [5, 5.41) is 0. The summed E-state index contributed by atoms with van der Waals surface area (Å²) in [6.07, 6.45) is 1.05. The van der Waals surface area contributed by atoms with Gasteiger partial charge in [-0.25, -0.2) is 0 Å². The molecular formula is C20H26. The second-order valence-corrected chi connectivity index (χ2v) is 6.29. The fourth-order valence-electron chi connectivity index (χ4n) is 3.23. The minimum Gasteiger partial charge on any atom is -0.0561 e. The molecule has 2 aromatic carbocycles. The van der Waals surface area contributed by atoms with E-state index in [4.69, 9.17) is 0 Å². The normalized spacial score (nSPS) is 10.9. The molecule has 0 radical (unpaired) electrons. The zero-order valence-electron chi connectivity index (χ0n) is 13.9. The lowest BCUT2D eigenvalue weighted by Gasteiger charge is -2.18. The van der Waals surface area contributed by atoms with Crippen LogP contribution in [0.4, 0.5) is 0 Å². The van der Waals surface area contributed by atoms with Crippen molar-refractivity contribution in [2.75, 3.05) is 0 Å². The predicted molar refractivity (Wildman–Crippen MR) is 88.8 cm³/mol. The molecule has 0 heterocycles. The molecule has 0 aliphatic rings. The maximum absolute atomic E-state index is 2.31. The molecule has 0 unspecified atom stereocenters. The highest BCUT2D eigenvalue weighted by molar-refractivity contribution is 5.49. The van der Waals surface area contributed by atoms with Gasteiger partial charge in [-0.2, -0.15) is 0 Å². The van der Waals surface area contributed by atoms with Crippen molar-refractivity contribution in [3.63, 3.8) is 0 Å². The van der Waals surface area contributed by atoms with Crippen molar-refractivity contribution in [3.8, 4) is 0 Å². The highest BCUT2D eigenvalue weighted by Gasteiger charge is 2.12. The molecule has 0 aliphatic carbocycles. The highest BCUT2D eigenvalue weighted by Crippen LogP contribution is 2.27. The van der Waals surface area contributed by atoms with Gasteiger partial charge in [0.25, 0.3) is 0 Å². The van der Waals surface area contributed by atoms with Gasteiger partial charge in [-0.3, -0.25) is 0 Å². The maximum Gasteiger partial charge on any atom is -0.00151 e.